The zero-order chi connectivity index (χ0) is 13.7. The van der Waals surface area contributed by atoms with Gasteiger partial charge in [0.05, 0.1) is 11.5 Å². The first kappa shape index (κ1) is 14.5. The molecule has 102 valence electrons. The maximum atomic E-state index is 11.4. The molecule has 0 fully saturated rings. The third-order valence-corrected chi connectivity index (χ3v) is 2.64. The van der Waals surface area contributed by atoms with Gasteiger partial charge in [0.15, 0.2) is 6.10 Å². The molecular formula is C12H19NO5. The van der Waals surface area contributed by atoms with Crippen molar-refractivity contribution in [3.63, 3.8) is 0 Å². The molecule has 1 aliphatic heterocycles. The summed E-state index contributed by atoms with van der Waals surface area (Å²) in [6.07, 6.45) is 0.0876. The van der Waals surface area contributed by atoms with Crippen LogP contribution in [0.1, 0.15) is 33.1 Å². The van der Waals surface area contributed by atoms with Crippen LogP contribution in [0.5, 0.6) is 0 Å². The summed E-state index contributed by atoms with van der Waals surface area (Å²) in [5.41, 5.74) is 0.647. The molecule has 0 aromatic carbocycles. The Morgan fingerprint density at radius 2 is 2.33 bits per heavy atom. The van der Waals surface area contributed by atoms with Crippen molar-refractivity contribution in [1.82, 2.24) is 0 Å². The van der Waals surface area contributed by atoms with Crippen LogP contribution in [-0.4, -0.2) is 40.5 Å². The molecule has 0 aromatic heterocycles. The van der Waals surface area contributed by atoms with Crippen molar-refractivity contribution in [2.75, 3.05) is 6.61 Å². The Hall–Kier alpha value is -1.56. The Bertz CT molecular complexity index is 363. The molecule has 6 nitrogen and oxygen atoms in total. The van der Waals surface area contributed by atoms with E-state index in [1.807, 2.05) is 6.92 Å². The third-order valence-electron chi connectivity index (χ3n) is 2.64. The van der Waals surface area contributed by atoms with Gasteiger partial charge in [-0.3, -0.25) is 5.21 Å². The maximum Gasteiger partial charge on any atom is 0.408 e. The summed E-state index contributed by atoms with van der Waals surface area (Å²) in [5.74, 6) is -0.831. The highest BCUT2D eigenvalue weighted by Gasteiger charge is 2.44. The SMILES string of the molecule is C=C(C)CCC[C@@H]1O[N+]([O-])=C(C(=O)OCC)[C@@H]1O. The molecule has 0 spiro atoms. The Labute approximate surface area is 106 Å². The zero-order valence-electron chi connectivity index (χ0n) is 10.7. The van der Waals surface area contributed by atoms with Gasteiger partial charge < -0.3 is 14.7 Å². The van der Waals surface area contributed by atoms with Gasteiger partial charge in [-0.25, -0.2) is 4.79 Å². The van der Waals surface area contributed by atoms with Crippen LogP contribution in [0.2, 0.25) is 0 Å². The van der Waals surface area contributed by atoms with E-state index in [2.05, 4.69) is 11.3 Å². The summed E-state index contributed by atoms with van der Waals surface area (Å²) >= 11 is 0. The van der Waals surface area contributed by atoms with Gasteiger partial charge in [0, 0.05) is 0 Å². The van der Waals surface area contributed by atoms with E-state index in [1.54, 1.807) is 6.92 Å². The maximum absolute atomic E-state index is 11.4. The molecular weight excluding hydrogens is 238 g/mol. The quantitative estimate of drug-likeness (QED) is 0.434. The Morgan fingerprint density at radius 1 is 1.67 bits per heavy atom. The van der Waals surface area contributed by atoms with E-state index in [-0.39, 0.29) is 17.2 Å². The minimum absolute atomic E-state index is 0.0636. The van der Waals surface area contributed by atoms with Crippen molar-refractivity contribution in [3.05, 3.63) is 17.4 Å². The van der Waals surface area contributed by atoms with E-state index in [0.29, 0.717) is 6.42 Å². The molecule has 0 aromatic rings. The minimum Gasteiger partial charge on any atom is -0.458 e. The molecule has 0 radical (unpaired) electrons. The van der Waals surface area contributed by atoms with E-state index in [1.165, 1.54) is 0 Å². The predicted octanol–water partition coefficient (Wildman–Crippen LogP) is 0.922. The number of aliphatic hydroxyl groups is 1. The van der Waals surface area contributed by atoms with Gasteiger partial charge in [0.2, 0.25) is 0 Å². The van der Waals surface area contributed by atoms with Crippen LogP contribution in [-0.2, 0) is 14.4 Å². The Morgan fingerprint density at radius 3 is 2.89 bits per heavy atom. The zero-order valence-corrected chi connectivity index (χ0v) is 10.7. The summed E-state index contributed by atoms with van der Waals surface area (Å²) in [6, 6.07) is 0. The largest absolute Gasteiger partial charge is 0.458 e. The van der Waals surface area contributed by atoms with Crippen molar-refractivity contribution in [2.45, 2.75) is 45.3 Å². The van der Waals surface area contributed by atoms with E-state index in [9.17, 15) is 15.1 Å². The molecule has 2 atom stereocenters. The fourth-order valence-corrected chi connectivity index (χ4v) is 1.74. The Kier molecular flexibility index (Phi) is 5.15. The fraction of sp³-hybridized carbons (Fsp3) is 0.667. The molecule has 0 saturated heterocycles. The van der Waals surface area contributed by atoms with Gasteiger partial charge >= 0.3 is 11.7 Å². The molecule has 0 bridgehead atoms. The van der Waals surface area contributed by atoms with Gasteiger partial charge in [-0.2, -0.15) is 0 Å². The second-order valence-electron chi connectivity index (χ2n) is 4.30. The number of hydrogen-bond donors (Lipinski definition) is 1. The molecule has 1 rings (SSSR count). The molecule has 1 N–H and O–H groups in total. The molecule has 0 unspecified atom stereocenters. The van der Waals surface area contributed by atoms with Gasteiger partial charge in [-0.15, -0.1) is 6.58 Å². The molecule has 1 heterocycles. The number of carbonyl (C=O) groups is 1. The third kappa shape index (κ3) is 3.46. The highest BCUT2D eigenvalue weighted by Crippen LogP contribution is 2.18. The van der Waals surface area contributed by atoms with Crippen molar-refractivity contribution in [1.29, 1.82) is 0 Å². The fourth-order valence-electron chi connectivity index (χ4n) is 1.74. The molecule has 0 amide bonds. The summed E-state index contributed by atoms with van der Waals surface area (Å²) in [6.45, 7) is 7.44. The van der Waals surface area contributed by atoms with Crippen LogP contribution in [0.3, 0.4) is 0 Å². The van der Waals surface area contributed by atoms with E-state index in [4.69, 9.17) is 4.84 Å². The number of hydrogen-bond acceptors (Lipinski definition) is 5. The Balaban J connectivity index is 2.55. The van der Waals surface area contributed by atoms with E-state index in [0.717, 1.165) is 18.4 Å². The van der Waals surface area contributed by atoms with Crippen molar-refractivity contribution in [2.24, 2.45) is 0 Å². The van der Waals surface area contributed by atoms with Crippen LogP contribution in [0.4, 0.5) is 0 Å². The highest BCUT2D eigenvalue weighted by atomic mass is 16.9. The second kappa shape index (κ2) is 6.39. The van der Waals surface area contributed by atoms with E-state index >= 15 is 0 Å². The molecule has 6 heteroatoms. The summed E-state index contributed by atoms with van der Waals surface area (Å²) in [5, 5.41) is 21.2. The van der Waals surface area contributed by atoms with Gasteiger partial charge in [0.1, 0.15) is 6.10 Å². The van der Waals surface area contributed by atoms with Crippen LogP contribution in [0.15, 0.2) is 12.2 Å². The first-order chi connectivity index (χ1) is 8.47. The van der Waals surface area contributed by atoms with E-state index < -0.39 is 18.2 Å². The average molecular weight is 257 g/mol. The minimum atomic E-state index is -1.23. The normalized spacial score (nSPS) is 22.8. The molecule has 18 heavy (non-hydrogen) atoms. The number of ether oxygens (including phenoxy) is 1. The number of nitrogens with zero attached hydrogens (tertiary/aromatic N) is 1. The van der Waals surface area contributed by atoms with Crippen LogP contribution in [0, 0.1) is 5.21 Å². The monoisotopic (exact) mass is 257 g/mol. The summed E-state index contributed by atoms with van der Waals surface area (Å²) in [4.78, 5) is 16.4. The topological polar surface area (TPSA) is 81.8 Å². The van der Waals surface area contributed by atoms with Gasteiger partial charge in [0.25, 0.3) is 0 Å². The van der Waals surface area contributed by atoms with Crippen LogP contribution in [0.25, 0.3) is 0 Å². The smallest absolute Gasteiger partial charge is 0.408 e. The number of esters is 1. The lowest BCUT2D eigenvalue weighted by atomic mass is 10.0. The van der Waals surface area contributed by atoms with Crippen molar-refractivity contribution < 1.29 is 24.4 Å². The standard InChI is InChI=1S/C12H19NO5/c1-4-17-12(15)10-11(14)9(18-13(10)16)7-5-6-8(2)3/h9,11,14H,2,4-7H2,1,3H3/t9-,11+/m0/s1. The number of aliphatic hydroxyl groups excluding tert-OH is 1. The first-order valence-corrected chi connectivity index (χ1v) is 5.97. The average Bonchev–Trinajstić information content (AvgIpc) is 2.54. The van der Waals surface area contributed by atoms with Crippen LogP contribution >= 0.6 is 0 Å². The van der Waals surface area contributed by atoms with Gasteiger partial charge in [-0.05, 0) is 33.1 Å². The van der Waals surface area contributed by atoms with Crippen LogP contribution < -0.4 is 0 Å². The number of carbonyl (C=O) groups excluding carboxylic acids is 1. The molecule has 0 saturated carbocycles. The highest BCUT2D eigenvalue weighted by molar-refractivity contribution is 6.36. The van der Waals surface area contributed by atoms with Crippen molar-refractivity contribution >= 4 is 11.7 Å². The van der Waals surface area contributed by atoms with Gasteiger partial charge in [-0.1, -0.05) is 5.57 Å². The molecule has 0 aliphatic carbocycles. The summed E-state index contributed by atoms with van der Waals surface area (Å²) < 4.78 is 4.69. The van der Waals surface area contributed by atoms with Crippen molar-refractivity contribution in [3.8, 4) is 0 Å². The predicted molar refractivity (Wildman–Crippen MR) is 64.8 cm³/mol. The second-order valence-corrected chi connectivity index (χ2v) is 4.30. The summed E-state index contributed by atoms with van der Waals surface area (Å²) in [7, 11) is 0. The number of rotatable bonds is 6. The lowest BCUT2D eigenvalue weighted by Crippen LogP contribution is -2.35. The lowest BCUT2D eigenvalue weighted by molar-refractivity contribution is -0.740. The first-order valence-electron chi connectivity index (χ1n) is 5.97. The lowest BCUT2D eigenvalue weighted by Gasteiger charge is -2.14. The number of allylic oxidation sites excluding steroid dienone is 1. The molecule has 1 aliphatic rings.